The number of anilines is 2. The topological polar surface area (TPSA) is 100 Å². The quantitative estimate of drug-likeness (QED) is 0.533. The average Bonchev–Trinajstić information content (AvgIpc) is 2.65. The Hall–Kier alpha value is -3.68. The smallest absolute Gasteiger partial charge is 0.243 e. The lowest BCUT2D eigenvalue weighted by Crippen LogP contribution is -2.05. The number of hydrazone groups is 2. The summed E-state index contributed by atoms with van der Waals surface area (Å²) in [6, 6.07) is 19.3. The highest BCUT2D eigenvalue weighted by atomic mass is 15.5. The molecule has 118 valence electrons. The predicted octanol–water partition coefficient (Wildman–Crippen LogP) is 2.16. The molecule has 1 aromatic heterocycles. The van der Waals surface area contributed by atoms with Crippen molar-refractivity contribution in [1.82, 2.24) is 20.4 Å². The summed E-state index contributed by atoms with van der Waals surface area (Å²) in [5, 5.41) is 23.4. The van der Waals surface area contributed by atoms with Gasteiger partial charge in [-0.15, -0.1) is 20.4 Å². The lowest BCUT2D eigenvalue weighted by Gasteiger charge is -1.98. The Morgan fingerprint density at radius 3 is 1.33 bits per heavy atom. The SMILES string of the molecule is C(=N/Nc1nnc(N/N=C\c2ccccc2)nn1)/c1ccccc1. The molecule has 0 spiro atoms. The van der Waals surface area contributed by atoms with E-state index in [0.717, 1.165) is 11.1 Å². The summed E-state index contributed by atoms with van der Waals surface area (Å²) in [7, 11) is 0. The predicted molar refractivity (Wildman–Crippen MR) is 92.9 cm³/mol. The van der Waals surface area contributed by atoms with Gasteiger partial charge in [0, 0.05) is 0 Å². The lowest BCUT2D eigenvalue weighted by atomic mass is 10.2. The second-order valence-electron chi connectivity index (χ2n) is 4.61. The second kappa shape index (κ2) is 8.08. The number of nitrogens with one attached hydrogen (secondary N) is 2. The molecular formula is C16H14N8. The lowest BCUT2D eigenvalue weighted by molar-refractivity contribution is 0.857. The molecule has 0 aliphatic heterocycles. The maximum atomic E-state index is 4.01. The summed E-state index contributed by atoms with van der Waals surface area (Å²) >= 11 is 0. The highest BCUT2D eigenvalue weighted by molar-refractivity contribution is 5.80. The van der Waals surface area contributed by atoms with Crippen LogP contribution < -0.4 is 10.9 Å². The van der Waals surface area contributed by atoms with Crippen molar-refractivity contribution in [3.63, 3.8) is 0 Å². The van der Waals surface area contributed by atoms with Gasteiger partial charge < -0.3 is 0 Å². The standard InChI is InChI=1S/C16H14N8/c1-3-7-13(8-4-1)11-17-19-15-21-23-16(24-22-15)20-18-12-14-9-5-2-6-10-14/h1-12H,(H,19,21,22)(H,20,23,24)/b17-11-,18-12-. The van der Waals surface area contributed by atoms with Crippen molar-refractivity contribution in [2.45, 2.75) is 0 Å². The fourth-order valence-electron chi connectivity index (χ4n) is 1.73. The third-order valence-electron chi connectivity index (χ3n) is 2.83. The van der Waals surface area contributed by atoms with Gasteiger partial charge in [-0.2, -0.15) is 10.2 Å². The highest BCUT2D eigenvalue weighted by Crippen LogP contribution is 1.99. The number of rotatable bonds is 6. The van der Waals surface area contributed by atoms with Gasteiger partial charge in [0.1, 0.15) is 0 Å². The van der Waals surface area contributed by atoms with Crippen LogP contribution in [0.1, 0.15) is 11.1 Å². The third-order valence-corrected chi connectivity index (χ3v) is 2.83. The first-order valence-corrected chi connectivity index (χ1v) is 7.16. The second-order valence-corrected chi connectivity index (χ2v) is 4.61. The molecule has 0 saturated heterocycles. The summed E-state index contributed by atoms with van der Waals surface area (Å²) in [5.74, 6) is 0.388. The van der Waals surface area contributed by atoms with Gasteiger partial charge >= 0.3 is 0 Å². The van der Waals surface area contributed by atoms with Crippen LogP contribution in [0.5, 0.6) is 0 Å². The van der Waals surface area contributed by atoms with Crippen LogP contribution in [0.3, 0.4) is 0 Å². The maximum absolute atomic E-state index is 4.01. The van der Waals surface area contributed by atoms with E-state index in [-0.39, 0.29) is 11.9 Å². The molecule has 8 nitrogen and oxygen atoms in total. The Labute approximate surface area is 138 Å². The van der Waals surface area contributed by atoms with Crippen molar-refractivity contribution in [3.8, 4) is 0 Å². The van der Waals surface area contributed by atoms with E-state index in [4.69, 9.17) is 0 Å². The average molecular weight is 318 g/mol. The van der Waals surface area contributed by atoms with Crippen molar-refractivity contribution in [1.29, 1.82) is 0 Å². The van der Waals surface area contributed by atoms with Crippen LogP contribution in [0.4, 0.5) is 11.9 Å². The van der Waals surface area contributed by atoms with Crippen LogP contribution >= 0.6 is 0 Å². The van der Waals surface area contributed by atoms with Crippen molar-refractivity contribution in [3.05, 3.63) is 71.8 Å². The summed E-state index contributed by atoms with van der Waals surface area (Å²) in [4.78, 5) is 0. The molecule has 3 aromatic rings. The highest BCUT2D eigenvalue weighted by Gasteiger charge is 1.98. The zero-order chi connectivity index (χ0) is 16.5. The Kier molecular flexibility index (Phi) is 5.13. The van der Waals surface area contributed by atoms with Gasteiger partial charge in [-0.1, -0.05) is 60.7 Å². The number of nitrogens with zero attached hydrogens (tertiary/aromatic N) is 6. The van der Waals surface area contributed by atoms with E-state index in [9.17, 15) is 0 Å². The molecule has 2 N–H and O–H groups in total. The molecule has 24 heavy (non-hydrogen) atoms. The minimum absolute atomic E-state index is 0.194. The van der Waals surface area contributed by atoms with E-state index in [1.165, 1.54) is 0 Å². The van der Waals surface area contributed by atoms with E-state index >= 15 is 0 Å². The van der Waals surface area contributed by atoms with Crippen LogP contribution in [0.2, 0.25) is 0 Å². The van der Waals surface area contributed by atoms with Gasteiger partial charge in [0.2, 0.25) is 0 Å². The van der Waals surface area contributed by atoms with Gasteiger partial charge in [0.05, 0.1) is 12.4 Å². The zero-order valence-corrected chi connectivity index (χ0v) is 12.6. The largest absolute Gasteiger partial charge is 0.282 e. The van der Waals surface area contributed by atoms with Crippen LogP contribution in [0.15, 0.2) is 70.9 Å². The molecule has 0 radical (unpaired) electrons. The minimum Gasteiger partial charge on any atom is -0.243 e. The third kappa shape index (κ3) is 4.67. The van der Waals surface area contributed by atoms with Gasteiger partial charge in [0.15, 0.2) is 0 Å². The first-order valence-electron chi connectivity index (χ1n) is 7.16. The van der Waals surface area contributed by atoms with E-state index in [0.29, 0.717) is 0 Å². The fraction of sp³-hybridized carbons (Fsp3) is 0. The molecule has 0 fully saturated rings. The van der Waals surface area contributed by atoms with Crippen molar-refractivity contribution < 1.29 is 0 Å². The van der Waals surface area contributed by atoms with E-state index in [1.807, 2.05) is 60.7 Å². The number of aromatic nitrogens is 4. The monoisotopic (exact) mass is 318 g/mol. The molecule has 0 aliphatic rings. The maximum Gasteiger partial charge on any atom is 0.282 e. The van der Waals surface area contributed by atoms with Crippen molar-refractivity contribution >= 4 is 24.3 Å². The Morgan fingerprint density at radius 1 is 0.583 bits per heavy atom. The Bertz CT molecular complexity index is 730. The Balaban J connectivity index is 1.52. The van der Waals surface area contributed by atoms with E-state index in [2.05, 4.69) is 41.4 Å². The molecule has 8 heteroatoms. The van der Waals surface area contributed by atoms with Crippen molar-refractivity contribution in [2.24, 2.45) is 10.2 Å². The van der Waals surface area contributed by atoms with Gasteiger partial charge in [-0.3, -0.25) is 0 Å². The molecule has 0 bridgehead atoms. The minimum atomic E-state index is 0.194. The van der Waals surface area contributed by atoms with Crippen LogP contribution in [-0.4, -0.2) is 32.8 Å². The number of benzene rings is 2. The molecule has 2 aromatic carbocycles. The molecule has 0 aliphatic carbocycles. The van der Waals surface area contributed by atoms with E-state index < -0.39 is 0 Å². The molecular weight excluding hydrogens is 304 g/mol. The van der Waals surface area contributed by atoms with Gasteiger partial charge in [0.25, 0.3) is 11.9 Å². The number of hydrogen-bond acceptors (Lipinski definition) is 8. The number of hydrogen-bond donors (Lipinski definition) is 2. The summed E-state index contributed by atoms with van der Waals surface area (Å²) in [5.41, 5.74) is 7.23. The summed E-state index contributed by atoms with van der Waals surface area (Å²) in [6.45, 7) is 0. The molecule has 0 atom stereocenters. The fourth-order valence-corrected chi connectivity index (χ4v) is 1.73. The molecule has 1 heterocycles. The van der Waals surface area contributed by atoms with Gasteiger partial charge in [-0.25, -0.2) is 10.9 Å². The summed E-state index contributed by atoms with van der Waals surface area (Å²) in [6.07, 6.45) is 3.30. The molecule has 0 amide bonds. The zero-order valence-electron chi connectivity index (χ0n) is 12.6. The molecule has 0 unspecified atom stereocenters. The van der Waals surface area contributed by atoms with E-state index in [1.54, 1.807) is 12.4 Å². The molecule has 0 saturated carbocycles. The summed E-state index contributed by atoms with van der Waals surface area (Å²) < 4.78 is 0. The molecule has 3 rings (SSSR count). The first-order chi connectivity index (χ1) is 11.9. The van der Waals surface area contributed by atoms with Crippen LogP contribution in [0.25, 0.3) is 0 Å². The first kappa shape index (κ1) is 15.2. The Morgan fingerprint density at radius 2 is 0.958 bits per heavy atom. The normalized spacial score (nSPS) is 11.0. The van der Waals surface area contributed by atoms with Crippen LogP contribution in [-0.2, 0) is 0 Å². The van der Waals surface area contributed by atoms with Crippen molar-refractivity contribution in [2.75, 3.05) is 10.9 Å². The van der Waals surface area contributed by atoms with Gasteiger partial charge in [-0.05, 0) is 11.1 Å². The van der Waals surface area contributed by atoms with Crippen LogP contribution in [0, 0.1) is 0 Å².